The minimum atomic E-state index is -0.420. The third-order valence-corrected chi connectivity index (χ3v) is 2.11. The van der Waals surface area contributed by atoms with Crippen molar-refractivity contribution in [1.29, 1.82) is 0 Å². The van der Waals surface area contributed by atoms with Crippen molar-refractivity contribution in [2.45, 2.75) is 20.0 Å². The van der Waals surface area contributed by atoms with Crippen molar-refractivity contribution in [3.63, 3.8) is 0 Å². The molecule has 0 aromatic carbocycles. The molecule has 7 heteroatoms. The number of nitrogens with zero attached hydrogens (tertiary/aromatic N) is 2. The van der Waals surface area contributed by atoms with Crippen LogP contribution in [0.3, 0.4) is 0 Å². The number of hydrogen-bond acceptors (Lipinski definition) is 4. The molecule has 0 unspecified atom stereocenters. The van der Waals surface area contributed by atoms with E-state index in [0.29, 0.717) is 17.4 Å². The van der Waals surface area contributed by atoms with Crippen LogP contribution in [0.5, 0.6) is 5.75 Å². The molecule has 0 fully saturated rings. The van der Waals surface area contributed by atoms with E-state index in [9.17, 15) is 4.79 Å². The highest BCUT2D eigenvalue weighted by Crippen LogP contribution is 2.22. The van der Waals surface area contributed by atoms with Crippen LogP contribution in [-0.2, 0) is 0 Å². The van der Waals surface area contributed by atoms with Gasteiger partial charge in [0.05, 0.1) is 12.3 Å². The van der Waals surface area contributed by atoms with E-state index in [-0.39, 0.29) is 6.10 Å². The number of carbonyl (C=O) groups excluding carboxylic acids is 1. The molecule has 2 rings (SSSR count). The summed E-state index contributed by atoms with van der Waals surface area (Å²) in [6.45, 7) is 3.81. The average molecular weight is 261 g/mol. The number of amides is 2. The monoisotopic (exact) mass is 261 g/mol. The van der Waals surface area contributed by atoms with Crippen LogP contribution in [-0.4, -0.2) is 27.3 Å². The van der Waals surface area contributed by atoms with Gasteiger partial charge in [-0.3, -0.25) is 15.7 Å². The first-order chi connectivity index (χ1) is 9.15. The lowest BCUT2D eigenvalue weighted by Crippen LogP contribution is -2.21. The standard InChI is InChI=1S/C12H15N5O2/c1-8(2)19-9-4-3-6-13-11(9)16-12(18)15-10-5-7-14-17-10/h3-8H,1-2H3,(H3,13,14,15,16,17,18). The Balaban J connectivity index is 2.04. The molecule has 0 saturated heterocycles. The fourth-order valence-electron chi connectivity index (χ4n) is 1.42. The summed E-state index contributed by atoms with van der Waals surface area (Å²) in [5.41, 5.74) is 0. The molecular formula is C12H15N5O2. The molecule has 0 radical (unpaired) electrons. The summed E-state index contributed by atoms with van der Waals surface area (Å²) in [5, 5.41) is 11.6. The van der Waals surface area contributed by atoms with Gasteiger partial charge in [0.1, 0.15) is 5.82 Å². The summed E-state index contributed by atoms with van der Waals surface area (Å²) in [4.78, 5) is 15.8. The maximum absolute atomic E-state index is 11.8. The van der Waals surface area contributed by atoms with E-state index in [1.807, 2.05) is 13.8 Å². The van der Waals surface area contributed by atoms with Crippen LogP contribution in [0.4, 0.5) is 16.4 Å². The van der Waals surface area contributed by atoms with Crippen molar-refractivity contribution in [3.8, 4) is 5.75 Å². The molecule has 0 atom stereocenters. The lowest BCUT2D eigenvalue weighted by atomic mass is 10.4. The number of hydrogen-bond donors (Lipinski definition) is 3. The lowest BCUT2D eigenvalue weighted by Gasteiger charge is -2.13. The fourth-order valence-corrected chi connectivity index (χ4v) is 1.42. The van der Waals surface area contributed by atoms with Crippen molar-refractivity contribution in [1.82, 2.24) is 15.2 Å². The highest BCUT2D eigenvalue weighted by Gasteiger charge is 2.10. The van der Waals surface area contributed by atoms with Gasteiger partial charge in [0.15, 0.2) is 11.6 Å². The van der Waals surface area contributed by atoms with Crippen molar-refractivity contribution < 1.29 is 9.53 Å². The zero-order valence-corrected chi connectivity index (χ0v) is 10.7. The van der Waals surface area contributed by atoms with Crippen LogP contribution in [0.1, 0.15) is 13.8 Å². The second-order valence-electron chi connectivity index (χ2n) is 4.07. The van der Waals surface area contributed by atoms with Crippen LogP contribution in [0.2, 0.25) is 0 Å². The summed E-state index contributed by atoms with van der Waals surface area (Å²) in [6, 6.07) is 4.72. The van der Waals surface area contributed by atoms with E-state index < -0.39 is 6.03 Å². The summed E-state index contributed by atoms with van der Waals surface area (Å²) >= 11 is 0. The van der Waals surface area contributed by atoms with E-state index >= 15 is 0 Å². The SMILES string of the molecule is CC(C)Oc1cccnc1NC(=O)Nc1ccn[nH]1. The number of nitrogens with one attached hydrogen (secondary N) is 3. The zero-order valence-electron chi connectivity index (χ0n) is 10.7. The third-order valence-electron chi connectivity index (χ3n) is 2.11. The maximum Gasteiger partial charge on any atom is 0.326 e. The molecule has 0 saturated carbocycles. The number of anilines is 2. The Morgan fingerprint density at radius 1 is 1.32 bits per heavy atom. The molecule has 0 aliphatic heterocycles. The number of urea groups is 1. The summed E-state index contributed by atoms with van der Waals surface area (Å²) in [6.07, 6.45) is 3.13. The molecule has 0 bridgehead atoms. The molecule has 0 aliphatic carbocycles. The Morgan fingerprint density at radius 3 is 2.84 bits per heavy atom. The average Bonchev–Trinajstić information content (AvgIpc) is 2.83. The number of aromatic amines is 1. The van der Waals surface area contributed by atoms with Crippen molar-refractivity contribution in [3.05, 3.63) is 30.6 Å². The second-order valence-corrected chi connectivity index (χ2v) is 4.07. The fraction of sp³-hybridized carbons (Fsp3) is 0.250. The number of carbonyl (C=O) groups is 1. The Hall–Kier alpha value is -2.57. The highest BCUT2D eigenvalue weighted by molar-refractivity contribution is 5.99. The van der Waals surface area contributed by atoms with Gasteiger partial charge >= 0.3 is 6.03 Å². The van der Waals surface area contributed by atoms with E-state index in [4.69, 9.17) is 4.74 Å². The van der Waals surface area contributed by atoms with Crippen LogP contribution in [0.25, 0.3) is 0 Å². The van der Waals surface area contributed by atoms with Crippen LogP contribution < -0.4 is 15.4 Å². The molecule has 0 aliphatic rings. The molecule has 2 aromatic heterocycles. The lowest BCUT2D eigenvalue weighted by molar-refractivity contribution is 0.242. The van der Waals surface area contributed by atoms with Gasteiger partial charge in [-0.1, -0.05) is 0 Å². The Morgan fingerprint density at radius 2 is 2.16 bits per heavy atom. The first-order valence-corrected chi connectivity index (χ1v) is 5.84. The first-order valence-electron chi connectivity index (χ1n) is 5.84. The quantitative estimate of drug-likeness (QED) is 0.787. The normalized spacial score (nSPS) is 10.3. The number of rotatable bonds is 4. The van der Waals surface area contributed by atoms with E-state index in [2.05, 4.69) is 25.8 Å². The van der Waals surface area contributed by atoms with Crippen LogP contribution in [0, 0.1) is 0 Å². The van der Waals surface area contributed by atoms with Gasteiger partial charge in [0.25, 0.3) is 0 Å². The zero-order chi connectivity index (χ0) is 13.7. The topological polar surface area (TPSA) is 91.9 Å². The summed E-state index contributed by atoms with van der Waals surface area (Å²) in [7, 11) is 0. The number of aromatic nitrogens is 3. The molecule has 0 spiro atoms. The Bertz CT molecular complexity index is 539. The molecule has 2 amide bonds. The van der Waals surface area contributed by atoms with Gasteiger partial charge in [0.2, 0.25) is 0 Å². The van der Waals surface area contributed by atoms with Gasteiger partial charge < -0.3 is 4.74 Å². The predicted octanol–water partition coefficient (Wildman–Crippen LogP) is 2.24. The van der Waals surface area contributed by atoms with Gasteiger partial charge in [-0.2, -0.15) is 5.10 Å². The summed E-state index contributed by atoms with van der Waals surface area (Å²) < 4.78 is 5.56. The van der Waals surface area contributed by atoms with Crippen molar-refractivity contribution in [2.75, 3.05) is 10.6 Å². The number of H-pyrrole nitrogens is 1. The summed E-state index contributed by atoms with van der Waals surface area (Å²) in [5.74, 6) is 1.39. The van der Waals surface area contributed by atoms with Crippen LogP contribution in [0.15, 0.2) is 30.6 Å². The number of pyridine rings is 1. The minimum absolute atomic E-state index is 0.000387. The van der Waals surface area contributed by atoms with Crippen molar-refractivity contribution in [2.24, 2.45) is 0 Å². The number of ether oxygens (including phenoxy) is 1. The molecule has 7 nitrogen and oxygen atoms in total. The first kappa shape index (κ1) is 12.9. The molecule has 19 heavy (non-hydrogen) atoms. The second kappa shape index (κ2) is 5.85. The van der Waals surface area contributed by atoms with Crippen LogP contribution >= 0.6 is 0 Å². The smallest absolute Gasteiger partial charge is 0.326 e. The highest BCUT2D eigenvalue weighted by atomic mass is 16.5. The van der Waals surface area contributed by atoms with Gasteiger partial charge in [-0.25, -0.2) is 9.78 Å². The maximum atomic E-state index is 11.8. The molecule has 2 heterocycles. The predicted molar refractivity (Wildman–Crippen MR) is 71.2 cm³/mol. The van der Waals surface area contributed by atoms with Gasteiger partial charge in [-0.15, -0.1) is 0 Å². The van der Waals surface area contributed by atoms with E-state index in [1.54, 1.807) is 30.6 Å². The third kappa shape index (κ3) is 3.70. The largest absolute Gasteiger partial charge is 0.487 e. The van der Waals surface area contributed by atoms with E-state index in [1.165, 1.54) is 0 Å². The molecule has 2 aromatic rings. The Kier molecular flexibility index (Phi) is 3.97. The molecule has 100 valence electrons. The van der Waals surface area contributed by atoms with Crippen molar-refractivity contribution >= 4 is 17.7 Å². The van der Waals surface area contributed by atoms with Gasteiger partial charge in [-0.05, 0) is 26.0 Å². The molecular weight excluding hydrogens is 246 g/mol. The van der Waals surface area contributed by atoms with E-state index in [0.717, 1.165) is 0 Å². The minimum Gasteiger partial charge on any atom is -0.487 e. The van der Waals surface area contributed by atoms with Gasteiger partial charge in [0, 0.05) is 12.3 Å². The Labute approximate surface area is 110 Å². The molecule has 3 N–H and O–H groups in total.